The van der Waals surface area contributed by atoms with Crippen LogP contribution in [0.2, 0.25) is 0 Å². The summed E-state index contributed by atoms with van der Waals surface area (Å²) >= 11 is 0. The minimum atomic E-state index is -4.78. The fraction of sp³-hybridized carbons (Fsp3) is 0.273. The monoisotopic (exact) mass is 511 g/mol. The number of carbonyl (C=O) groups excluding carboxylic acids is 2. The van der Waals surface area contributed by atoms with Crippen molar-refractivity contribution in [2.24, 2.45) is 11.1 Å². The molecule has 13 heteroatoms. The molecule has 0 saturated carbocycles. The van der Waals surface area contributed by atoms with E-state index in [2.05, 4.69) is 4.74 Å². The molecule has 0 aromatic heterocycles. The quantitative estimate of drug-likeness (QED) is 0.660. The molecule has 2 aliphatic heterocycles. The van der Waals surface area contributed by atoms with Crippen LogP contribution in [-0.2, 0) is 21.4 Å². The Kier molecular flexibility index (Phi) is 6.47. The first-order valence-electron chi connectivity index (χ1n) is 10.3. The van der Waals surface area contributed by atoms with Crippen LogP contribution >= 0.6 is 0 Å². The summed E-state index contributed by atoms with van der Waals surface area (Å²) in [4.78, 5) is 28.1. The Morgan fingerprint density at radius 1 is 1.03 bits per heavy atom. The van der Waals surface area contributed by atoms with Crippen LogP contribution in [-0.4, -0.2) is 56.2 Å². The van der Waals surface area contributed by atoms with Crippen LogP contribution in [0.25, 0.3) is 0 Å². The predicted octanol–water partition coefficient (Wildman–Crippen LogP) is 2.84. The van der Waals surface area contributed by atoms with Crippen molar-refractivity contribution >= 4 is 22.0 Å². The molecule has 0 aliphatic carbocycles. The van der Waals surface area contributed by atoms with E-state index in [0.717, 1.165) is 17.7 Å². The van der Waals surface area contributed by atoms with Gasteiger partial charge in [0.05, 0.1) is 4.90 Å². The van der Waals surface area contributed by atoms with E-state index in [4.69, 9.17) is 9.88 Å². The van der Waals surface area contributed by atoms with Crippen LogP contribution < -0.4 is 9.88 Å². The fourth-order valence-electron chi connectivity index (χ4n) is 3.87. The molecule has 35 heavy (non-hydrogen) atoms. The average molecular weight is 511 g/mol. The highest BCUT2D eigenvalue weighted by Crippen LogP contribution is 2.31. The largest absolute Gasteiger partial charge is 0.573 e. The number of benzene rings is 2. The van der Waals surface area contributed by atoms with E-state index in [1.165, 1.54) is 46.2 Å². The summed E-state index contributed by atoms with van der Waals surface area (Å²) in [6, 6.07) is 10.3. The second kappa shape index (κ2) is 9.23. The molecule has 2 aliphatic rings. The lowest BCUT2D eigenvalue weighted by Gasteiger charge is -2.20. The van der Waals surface area contributed by atoms with Gasteiger partial charge in [0, 0.05) is 37.3 Å². The summed E-state index contributed by atoms with van der Waals surface area (Å²) in [5.74, 6) is -0.736. The lowest BCUT2D eigenvalue weighted by atomic mass is 10.1. The predicted molar refractivity (Wildman–Crippen MR) is 115 cm³/mol. The fourth-order valence-corrected chi connectivity index (χ4v) is 4.38. The van der Waals surface area contributed by atoms with Crippen molar-refractivity contribution < 1.29 is 40.7 Å². The summed E-state index contributed by atoms with van der Waals surface area (Å²) in [5.41, 5.74) is 1.68. The van der Waals surface area contributed by atoms with Crippen LogP contribution in [0, 0.1) is 5.92 Å². The van der Waals surface area contributed by atoms with E-state index in [9.17, 15) is 31.2 Å². The van der Waals surface area contributed by atoms with E-state index in [1.807, 2.05) is 0 Å². The van der Waals surface area contributed by atoms with Gasteiger partial charge in [-0.05, 0) is 47.5 Å². The van der Waals surface area contributed by atoms with Gasteiger partial charge in [-0.15, -0.1) is 13.2 Å². The minimum Gasteiger partial charge on any atom is -0.445 e. The Morgan fingerprint density at radius 3 is 2.26 bits per heavy atom. The van der Waals surface area contributed by atoms with Crippen molar-refractivity contribution in [3.05, 3.63) is 71.4 Å². The summed E-state index contributed by atoms with van der Waals surface area (Å²) in [6.07, 6.45) is -3.69. The number of carbonyl (C=O) groups is 2. The minimum absolute atomic E-state index is 0.0611. The molecule has 0 spiro atoms. The highest BCUT2D eigenvalue weighted by Gasteiger charge is 2.38. The second-order valence-electron chi connectivity index (χ2n) is 8.05. The third-order valence-electron chi connectivity index (χ3n) is 5.55. The normalized spacial score (nSPS) is 17.7. The number of amides is 2. The first-order valence-corrected chi connectivity index (χ1v) is 11.8. The van der Waals surface area contributed by atoms with Crippen LogP contribution in [0.5, 0.6) is 5.75 Å². The smallest absolute Gasteiger partial charge is 0.445 e. The van der Waals surface area contributed by atoms with Gasteiger partial charge >= 0.3 is 12.5 Å². The Hall–Kier alpha value is -3.58. The molecule has 1 fully saturated rings. The number of nitrogens with two attached hydrogens (primary N) is 1. The standard InChI is InChI=1S/C22H20F3N3O6S/c23-22(24,25)34-18-5-1-14(2-6-18)13-33-21(30)28-11-16-9-27(10-17(16)12-28)20(29)15-3-7-19(8-4-15)35(26,31)32/h1-9,17H,10-13H2,(H2,26,31,32)/t17-/m1/s1. The number of sulfonamides is 1. The maximum atomic E-state index is 12.7. The van der Waals surface area contributed by atoms with Gasteiger partial charge < -0.3 is 19.3 Å². The molecule has 2 aromatic carbocycles. The number of halogens is 3. The molecule has 2 aromatic rings. The highest BCUT2D eigenvalue weighted by molar-refractivity contribution is 7.89. The van der Waals surface area contributed by atoms with Crippen molar-refractivity contribution in [1.29, 1.82) is 0 Å². The van der Waals surface area contributed by atoms with Gasteiger partial charge in [-0.25, -0.2) is 18.4 Å². The summed E-state index contributed by atoms with van der Waals surface area (Å²) in [5, 5.41) is 5.07. The van der Waals surface area contributed by atoms with Crippen LogP contribution in [0.4, 0.5) is 18.0 Å². The van der Waals surface area contributed by atoms with Gasteiger partial charge in [-0.3, -0.25) is 4.79 Å². The van der Waals surface area contributed by atoms with E-state index in [-0.39, 0.29) is 35.6 Å². The highest BCUT2D eigenvalue weighted by atomic mass is 32.2. The van der Waals surface area contributed by atoms with Gasteiger partial charge in [0.1, 0.15) is 12.4 Å². The van der Waals surface area contributed by atoms with Gasteiger partial charge in [-0.1, -0.05) is 12.1 Å². The van der Waals surface area contributed by atoms with Gasteiger partial charge in [0.25, 0.3) is 5.91 Å². The van der Waals surface area contributed by atoms with Crippen molar-refractivity contribution in [2.45, 2.75) is 17.9 Å². The summed E-state index contributed by atoms with van der Waals surface area (Å²) in [6.45, 7) is 0.854. The molecule has 4 rings (SSSR count). The van der Waals surface area contributed by atoms with Crippen molar-refractivity contribution in [3.8, 4) is 5.75 Å². The van der Waals surface area contributed by atoms with Gasteiger partial charge in [0.2, 0.25) is 10.0 Å². The number of nitrogens with zero attached hydrogens (tertiary/aromatic N) is 2. The van der Waals surface area contributed by atoms with Crippen LogP contribution in [0.1, 0.15) is 15.9 Å². The molecule has 2 heterocycles. The maximum absolute atomic E-state index is 12.7. The molecule has 1 saturated heterocycles. The summed E-state index contributed by atoms with van der Waals surface area (Å²) in [7, 11) is -3.85. The molecule has 2 amide bonds. The third kappa shape index (κ3) is 5.92. The first kappa shape index (κ1) is 24.5. The topological polar surface area (TPSA) is 119 Å². The average Bonchev–Trinajstić information content (AvgIpc) is 3.36. The van der Waals surface area contributed by atoms with Crippen molar-refractivity contribution in [1.82, 2.24) is 9.80 Å². The van der Waals surface area contributed by atoms with Gasteiger partial charge in [0.15, 0.2) is 0 Å². The SMILES string of the molecule is NS(=O)(=O)c1ccc(C(=O)N2C=C3CN(C(=O)OCc4ccc(OC(F)(F)F)cc4)C[C@H]3C2)cc1. The Morgan fingerprint density at radius 2 is 1.69 bits per heavy atom. The molecule has 9 nitrogen and oxygen atoms in total. The Bertz CT molecular complexity index is 1260. The Balaban J connectivity index is 1.30. The summed E-state index contributed by atoms with van der Waals surface area (Å²) < 4.78 is 68.5. The van der Waals surface area contributed by atoms with E-state index >= 15 is 0 Å². The molecular weight excluding hydrogens is 491 g/mol. The zero-order valence-electron chi connectivity index (χ0n) is 18.1. The molecule has 0 unspecified atom stereocenters. The zero-order chi connectivity index (χ0) is 25.4. The number of fused-ring (bicyclic) bond motifs is 1. The number of alkyl halides is 3. The molecule has 2 N–H and O–H groups in total. The number of ether oxygens (including phenoxy) is 2. The first-order chi connectivity index (χ1) is 16.4. The van der Waals surface area contributed by atoms with E-state index < -0.39 is 22.5 Å². The molecule has 0 radical (unpaired) electrons. The number of primary sulfonamides is 1. The zero-order valence-corrected chi connectivity index (χ0v) is 18.9. The maximum Gasteiger partial charge on any atom is 0.573 e. The van der Waals surface area contributed by atoms with E-state index in [1.54, 1.807) is 6.20 Å². The molecule has 0 bridgehead atoms. The Labute approximate surface area is 198 Å². The van der Waals surface area contributed by atoms with Crippen molar-refractivity contribution in [3.63, 3.8) is 0 Å². The van der Waals surface area contributed by atoms with Crippen LogP contribution in [0.15, 0.2) is 65.2 Å². The van der Waals surface area contributed by atoms with Crippen LogP contribution in [0.3, 0.4) is 0 Å². The lowest BCUT2D eigenvalue weighted by molar-refractivity contribution is -0.274. The van der Waals surface area contributed by atoms with Gasteiger partial charge in [-0.2, -0.15) is 0 Å². The molecule has 1 atom stereocenters. The number of likely N-dealkylation sites (tertiary alicyclic amines) is 1. The lowest BCUT2D eigenvalue weighted by Crippen LogP contribution is -2.33. The molecule has 186 valence electrons. The van der Waals surface area contributed by atoms with Crippen molar-refractivity contribution in [2.75, 3.05) is 19.6 Å². The number of hydrogen-bond donors (Lipinski definition) is 1. The second-order valence-corrected chi connectivity index (χ2v) is 9.62. The van der Waals surface area contributed by atoms with E-state index in [0.29, 0.717) is 24.2 Å². The molecular formula is C22H20F3N3O6S. The number of hydrogen-bond acceptors (Lipinski definition) is 6. The third-order valence-corrected chi connectivity index (χ3v) is 6.47. The number of rotatable bonds is 5.